The van der Waals surface area contributed by atoms with Crippen LogP contribution >= 0.6 is 11.6 Å². The number of alkyl halides is 2. The predicted molar refractivity (Wildman–Crippen MR) is 51.4 cm³/mol. The van der Waals surface area contributed by atoms with Gasteiger partial charge in [0.05, 0.1) is 12.1 Å². The van der Waals surface area contributed by atoms with E-state index in [0.717, 1.165) is 0 Å². The molecule has 0 saturated carbocycles. The molecule has 1 heterocycles. The Morgan fingerprint density at radius 2 is 2.27 bits per heavy atom. The number of pyridine rings is 1. The van der Waals surface area contributed by atoms with Crippen molar-refractivity contribution in [3.05, 3.63) is 22.8 Å². The van der Waals surface area contributed by atoms with E-state index in [2.05, 4.69) is 4.98 Å². The van der Waals surface area contributed by atoms with Gasteiger partial charge in [-0.3, -0.25) is 0 Å². The number of aliphatic hydroxyl groups excluding tert-OH is 1. The van der Waals surface area contributed by atoms with Crippen LogP contribution in [0.15, 0.2) is 12.3 Å². The summed E-state index contributed by atoms with van der Waals surface area (Å²) in [5.74, 6) is -3.47. The summed E-state index contributed by atoms with van der Waals surface area (Å²) in [6, 6.07) is 1.25. The first-order chi connectivity index (χ1) is 7.03. The normalized spacial score (nSPS) is 11.5. The molecule has 0 aliphatic carbocycles. The molecule has 0 aliphatic heterocycles. The summed E-state index contributed by atoms with van der Waals surface area (Å²) in [5.41, 5.74) is -0.483. The van der Waals surface area contributed by atoms with Crippen molar-refractivity contribution in [3.8, 4) is 5.88 Å². The molecular formula is C9H10ClF2NO2. The number of hydrogen-bond acceptors (Lipinski definition) is 3. The SMILES string of the molecule is COc1nccc(Cl)c1C(F)(F)CCO. The fourth-order valence-corrected chi connectivity index (χ4v) is 1.45. The molecule has 3 nitrogen and oxygen atoms in total. The Balaban J connectivity index is 3.21. The molecule has 0 fully saturated rings. The van der Waals surface area contributed by atoms with Crippen molar-refractivity contribution in [1.29, 1.82) is 0 Å². The van der Waals surface area contributed by atoms with Gasteiger partial charge in [0.1, 0.15) is 5.56 Å². The summed E-state index contributed by atoms with van der Waals surface area (Å²) in [7, 11) is 1.23. The van der Waals surface area contributed by atoms with Gasteiger partial charge in [0.15, 0.2) is 0 Å². The van der Waals surface area contributed by atoms with Gasteiger partial charge in [-0.15, -0.1) is 0 Å². The van der Waals surface area contributed by atoms with Crippen molar-refractivity contribution in [2.75, 3.05) is 13.7 Å². The first-order valence-electron chi connectivity index (χ1n) is 4.20. The minimum Gasteiger partial charge on any atom is -0.481 e. The molecule has 1 N–H and O–H groups in total. The second-order valence-electron chi connectivity index (χ2n) is 2.86. The summed E-state index contributed by atoms with van der Waals surface area (Å²) >= 11 is 5.65. The van der Waals surface area contributed by atoms with Crippen LogP contribution in [0, 0.1) is 0 Å². The van der Waals surface area contributed by atoms with Crippen molar-refractivity contribution < 1.29 is 18.6 Å². The first kappa shape index (κ1) is 12.1. The van der Waals surface area contributed by atoms with Crippen LogP contribution in [-0.4, -0.2) is 23.8 Å². The van der Waals surface area contributed by atoms with E-state index in [-0.39, 0.29) is 10.9 Å². The summed E-state index contributed by atoms with van der Waals surface area (Å²) < 4.78 is 31.7. The summed E-state index contributed by atoms with van der Waals surface area (Å²) in [6.45, 7) is -0.638. The zero-order valence-electron chi connectivity index (χ0n) is 8.01. The number of nitrogens with zero attached hydrogens (tertiary/aromatic N) is 1. The molecule has 15 heavy (non-hydrogen) atoms. The Labute approximate surface area is 90.7 Å². The van der Waals surface area contributed by atoms with Gasteiger partial charge in [0.2, 0.25) is 5.88 Å². The zero-order chi connectivity index (χ0) is 11.5. The second kappa shape index (κ2) is 4.72. The van der Waals surface area contributed by atoms with Crippen molar-refractivity contribution in [1.82, 2.24) is 4.98 Å². The molecule has 0 saturated heterocycles. The van der Waals surface area contributed by atoms with E-state index in [4.69, 9.17) is 21.4 Å². The van der Waals surface area contributed by atoms with E-state index >= 15 is 0 Å². The molecule has 0 bridgehead atoms. The molecular weight excluding hydrogens is 228 g/mol. The highest BCUT2D eigenvalue weighted by atomic mass is 35.5. The summed E-state index contributed by atoms with van der Waals surface area (Å²) in [6.07, 6.45) is 0.564. The van der Waals surface area contributed by atoms with Crippen LogP contribution < -0.4 is 4.74 Å². The van der Waals surface area contributed by atoms with Crippen LogP contribution in [0.25, 0.3) is 0 Å². The van der Waals surface area contributed by atoms with Crippen molar-refractivity contribution in [2.24, 2.45) is 0 Å². The highest BCUT2D eigenvalue weighted by Gasteiger charge is 2.37. The van der Waals surface area contributed by atoms with Gasteiger partial charge in [-0.25, -0.2) is 13.8 Å². The third kappa shape index (κ3) is 2.54. The van der Waals surface area contributed by atoms with E-state index < -0.39 is 24.5 Å². The van der Waals surface area contributed by atoms with E-state index in [1.165, 1.54) is 19.4 Å². The van der Waals surface area contributed by atoms with Crippen LogP contribution in [0.1, 0.15) is 12.0 Å². The lowest BCUT2D eigenvalue weighted by Crippen LogP contribution is -2.17. The highest BCUT2D eigenvalue weighted by Crippen LogP contribution is 2.40. The Morgan fingerprint density at radius 3 is 2.80 bits per heavy atom. The number of aliphatic hydroxyl groups is 1. The third-order valence-corrected chi connectivity index (χ3v) is 2.17. The van der Waals surface area contributed by atoms with Crippen molar-refractivity contribution >= 4 is 11.6 Å². The molecule has 0 unspecified atom stereocenters. The minimum absolute atomic E-state index is 0.125. The lowest BCUT2D eigenvalue weighted by molar-refractivity contribution is -0.0291. The Hall–Kier alpha value is -0.940. The van der Waals surface area contributed by atoms with Crippen LogP contribution in [0.4, 0.5) is 8.78 Å². The molecule has 0 radical (unpaired) electrons. The summed E-state index contributed by atoms with van der Waals surface area (Å²) in [5, 5.41) is 8.41. The molecule has 0 spiro atoms. The zero-order valence-corrected chi connectivity index (χ0v) is 8.76. The van der Waals surface area contributed by atoms with Gasteiger partial charge in [-0.05, 0) is 6.07 Å². The third-order valence-electron chi connectivity index (χ3n) is 1.85. The van der Waals surface area contributed by atoms with E-state index in [1.54, 1.807) is 0 Å². The molecule has 84 valence electrons. The van der Waals surface area contributed by atoms with E-state index in [0.29, 0.717) is 0 Å². The molecule has 0 aromatic carbocycles. The van der Waals surface area contributed by atoms with Gasteiger partial charge < -0.3 is 9.84 Å². The monoisotopic (exact) mass is 237 g/mol. The molecule has 0 aliphatic rings. The number of aromatic nitrogens is 1. The molecule has 1 aromatic rings. The first-order valence-corrected chi connectivity index (χ1v) is 4.58. The van der Waals surface area contributed by atoms with Crippen LogP contribution in [0.3, 0.4) is 0 Å². The van der Waals surface area contributed by atoms with Gasteiger partial charge in [-0.2, -0.15) is 0 Å². The van der Waals surface area contributed by atoms with Gasteiger partial charge in [0.25, 0.3) is 5.92 Å². The summed E-state index contributed by atoms with van der Waals surface area (Å²) in [4.78, 5) is 3.64. The Kier molecular flexibility index (Phi) is 3.82. The smallest absolute Gasteiger partial charge is 0.282 e. The quantitative estimate of drug-likeness (QED) is 0.873. The fourth-order valence-electron chi connectivity index (χ4n) is 1.17. The van der Waals surface area contributed by atoms with Crippen molar-refractivity contribution in [2.45, 2.75) is 12.3 Å². The van der Waals surface area contributed by atoms with Gasteiger partial charge in [-0.1, -0.05) is 11.6 Å². The maximum atomic E-state index is 13.5. The van der Waals surface area contributed by atoms with E-state index in [1.807, 2.05) is 0 Å². The lowest BCUT2D eigenvalue weighted by atomic mass is 10.1. The lowest BCUT2D eigenvalue weighted by Gasteiger charge is -2.18. The Morgan fingerprint density at radius 1 is 1.60 bits per heavy atom. The average molecular weight is 238 g/mol. The molecule has 1 rings (SSSR count). The van der Waals surface area contributed by atoms with Crippen LogP contribution in [0.2, 0.25) is 5.02 Å². The number of ether oxygens (including phenoxy) is 1. The van der Waals surface area contributed by atoms with E-state index in [9.17, 15) is 8.78 Å². The van der Waals surface area contributed by atoms with Gasteiger partial charge >= 0.3 is 0 Å². The molecule has 0 atom stereocenters. The van der Waals surface area contributed by atoms with Crippen LogP contribution in [-0.2, 0) is 5.92 Å². The standard InChI is InChI=1S/C9H10ClF2NO2/c1-15-8-7(6(10)2-4-13-8)9(11,12)3-5-14/h2,4,14H,3,5H2,1H3. The average Bonchev–Trinajstić information content (AvgIpc) is 2.16. The molecule has 6 heteroatoms. The second-order valence-corrected chi connectivity index (χ2v) is 3.26. The number of methoxy groups -OCH3 is 1. The number of hydrogen-bond donors (Lipinski definition) is 1. The fraction of sp³-hybridized carbons (Fsp3) is 0.444. The van der Waals surface area contributed by atoms with Gasteiger partial charge in [0, 0.05) is 19.2 Å². The molecule has 1 aromatic heterocycles. The number of halogens is 3. The topological polar surface area (TPSA) is 42.4 Å². The number of rotatable bonds is 4. The maximum absolute atomic E-state index is 13.5. The van der Waals surface area contributed by atoms with Crippen LogP contribution in [0.5, 0.6) is 5.88 Å². The molecule has 0 amide bonds. The Bertz CT molecular complexity index is 347. The predicted octanol–water partition coefficient (Wildman–Crippen LogP) is 2.22. The maximum Gasteiger partial charge on any atom is 0.282 e. The largest absolute Gasteiger partial charge is 0.481 e. The van der Waals surface area contributed by atoms with Crippen molar-refractivity contribution in [3.63, 3.8) is 0 Å². The highest BCUT2D eigenvalue weighted by molar-refractivity contribution is 6.31. The minimum atomic E-state index is -3.24.